The molecule has 0 saturated carbocycles. The van der Waals surface area contributed by atoms with Gasteiger partial charge in [-0.2, -0.15) is 0 Å². The van der Waals surface area contributed by atoms with Gasteiger partial charge in [-0.1, -0.05) is 6.92 Å². The number of hydrogen-bond donors (Lipinski definition) is 2. The highest BCUT2D eigenvalue weighted by molar-refractivity contribution is 9.10. The van der Waals surface area contributed by atoms with E-state index in [9.17, 15) is 9.59 Å². The van der Waals surface area contributed by atoms with E-state index in [-0.39, 0.29) is 11.1 Å². The van der Waals surface area contributed by atoms with Gasteiger partial charge in [0.1, 0.15) is 5.69 Å². The summed E-state index contributed by atoms with van der Waals surface area (Å²) in [7, 11) is 0. The monoisotopic (exact) mass is 295 g/mol. The van der Waals surface area contributed by atoms with E-state index in [1.54, 1.807) is 6.07 Å². The number of benzene rings is 1. The molecule has 0 aliphatic carbocycles. The van der Waals surface area contributed by atoms with E-state index in [0.29, 0.717) is 15.4 Å². The van der Waals surface area contributed by atoms with Gasteiger partial charge in [-0.15, -0.1) is 0 Å². The van der Waals surface area contributed by atoms with Crippen LogP contribution in [0.25, 0.3) is 10.9 Å². The van der Waals surface area contributed by atoms with Crippen LogP contribution in [0.1, 0.15) is 23.0 Å². The van der Waals surface area contributed by atoms with Gasteiger partial charge in [0.2, 0.25) is 0 Å². The first kappa shape index (κ1) is 11.9. The number of carbonyl (C=O) groups is 1. The first-order valence-corrected chi connectivity index (χ1v) is 5.91. The second-order valence-corrected chi connectivity index (χ2v) is 4.56. The summed E-state index contributed by atoms with van der Waals surface area (Å²) in [5.74, 6) is -1.14. The van der Waals surface area contributed by atoms with Crippen molar-refractivity contribution in [3.05, 3.63) is 44.2 Å². The van der Waals surface area contributed by atoms with Gasteiger partial charge in [0.05, 0.1) is 10.9 Å². The highest BCUT2D eigenvalue weighted by Crippen LogP contribution is 2.22. The van der Waals surface area contributed by atoms with E-state index < -0.39 is 5.97 Å². The fraction of sp³-hybridized carbons (Fsp3) is 0.167. The van der Waals surface area contributed by atoms with Gasteiger partial charge < -0.3 is 10.1 Å². The number of carboxylic acids is 1. The summed E-state index contributed by atoms with van der Waals surface area (Å²) < 4.78 is 0.685. The molecule has 17 heavy (non-hydrogen) atoms. The maximum atomic E-state index is 11.8. The second-order valence-electron chi connectivity index (χ2n) is 3.71. The fourth-order valence-corrected chi connectivity index (χ4v) is 2.42. The summed E-state index contributed by atoms with van der Waals surface area (Å²) in [4.78, 5) is 25.4. The third-order valence-corrected chi connectivity index (χ3v) is 3.21. The van der Waals surface area contributed by atoms with Gasteiger partial charge in [0, 0.05) is 10.5 Å². The number of carboxylic acid groups (broad SMARTS) is 1. The molecule has 0 amide bonds. The normalized spacial score (nSPS) is 10.7. The van der Waals surface area contributed by atoms with Crippen molar-refractivity contribution in [2.24, 2.45) is 0 Å². The van der Waals surface area contributed by atoms with E-state index in [1.807, 2.05) is 13.0 Å². The topological polar surface area (TPSA) is 70.2 Å². The molecule has 88 valence electrons. The van der Waals surface area contributed by atoms with E-state index >= 15 is 0 Å². The number of halogens is 1. The lowest BCUT2D eigenvalue weighted by Crippen LogP contribution is -2.10. The molecule has 0 radical (unpaired) electrons. The molecule has 2 rings (SSSR count). The van der Waals surface area contributed by atoms with Crippen LogP contribution in [0.5, 0.6) is 0 Å². The standard InChI is InChI=1S/C12H10BrNO3/c1-2-6-3-7(13)11-8(4-6)14-9(12(16)17)5-10(11)15/h3-5H,2H2,1H3,(H,14,15)(H,16,17). The Morgan fingerprint density at radius 1 is 1.41 bits per heavy atom. The van der Waals surface area contributed by atoms with E-state index in [4.69, 9.17) is 5.11 Å². The van der Waals surface area contributed by atoms with Gasteiger partial charge in [-0.3, -0.25) is 4.79 Å². The summed E-state index contributed by atoms with van der Waals surface area (Å²) in [5.41, 5.74) is 1.18. The minimum absolute atomic E-state index is 0.0948. The molecule has 0 atom stereocenters. The van der Waals surface area contributed by atoms with Crippen LogP contribution in [0.3, 0.4) is 0 Å². The number of aromatic amines is 1. The predicted molar refractivity (Wildman–Crippen MR) is 68.6 cm³/mol. The average molecular weight is 296 g/mol. The zero-order valence-corrected chi connectivity index (χ0v) is 10.7. The Bertz CT molecular complexity index is 661. The van der Waals surface area contributed by atoms with Crippen LogP contribution in [-0.4, -0.2) is 16.1 Å². The van der Waals surface area contributed by atoms with Crippen molar-refractivity contribution in [1.29, 1.82) is 0 Å². The van der Waals surface area contributed by atoms with E-state index in [0.717, 1.165) is 18.1 Å². The van der Waals surface area contributed by atoms with Crippen molar-refractivity contribution in [2.75, 3.05) is 0 Å². The van der Waals surface area contributed by atoms with Crippen LogP contribution in [0.2, 0.25) is 0 Å². The highest BCUT2D eigenvalue weighted by Gasteiger charge is 2.10. The summed E-state index contributed by atoms with van der Waals surface area (Å²) >= 11 is 3.33. The molecule has 1 aromatic heterocycles. The molecule has 1 heterocycles. The number of H-pyrrole nitrogens is 1. The molecular formula is C12H10BrNO3. The lowest BCUT2D eigenvalue weighted by Gasteiger charge is -2.05. The van der Waals surface area contributed by atoms with Gasteiger partial charge in [0.25, 0.3) is 0 Å². The SMILES string of the molecule is CCc1cc(Br)c2c(=O)cc(C(=O)O)[nH]c2c1. The number of pyridine rings is 1. The predicted octanol–water partition coefficient (Wildman–Crippen LogP) is 2.55. The van der Waals surface area contributed by atoms with Crippen LogP contribution in [0.4, 0.5) is 0 Å². The Hall–Kier alpha value is -1.62. The molecule has 4 nitrogen and oxygen atoms in total. The number of aryl methyl sites for hydroxylation is 1. The number of rotatable bonds is 2. The van der Waals surface area contributed by atoms with Crippen LogP contribution >= 0.6 is 15.9 Å². The second kappa shape index (κ2) is 4.33. The maximum absolute atomic E-state index is 11.8. The Balaban J connectivity index is 2.87. The van der Waals surface area contributed by atoms with Crippen LogP contribution in [0.15, 0.2) is 27.5 Å². The molecule has 0 bridgehead atoms. The quantitative estimate of drug-likeness (QED) is 0.894. The first-order chi connectivity index (χ1) is 8.02. The highest BCUT2D eigenvalue weighted by atomic mass is 79.9. The molecule has 1 aromatic carbocycles. The lowest BCUT2D eigenvalue weighted by atomic mass is 10.1. The Morgan fingerprint density at radius 2 is 2.12 bits per heavy atom. The summed E-state index contributed by atoms with van der Waals surface area (Å²) in [5, 5.41) is 9.36. The molecule has 0 saturated heterocycles. The molecule has 2 aromatic rings. The molecule has 0 unspecified atom stereocenters. The minimum atomic E-state index is -1.14. The third-order valence-electron chi connectivity index (χ3n) is 2.58. The van der Waals surface area contributed by atoms with Gasteiger partial charge in [-0.05, 0) is 40.0 Å². The molecule has 2 N–H and O–H groups in total. The van der Waals surface area contributed by atoms with Crippen molar-refractivity contribution >= 4 is 32.8 Å². The van der Waals surface area contributed by atoms with Crippen molar-refractivity contribution in [3.8, 4) is 0 Å². The van der Waals surface area contributed by atoms with Gasteiger partial charge in [0.15, 0.2) is 5.43 Å². The Morgan fingerprint density at radius 3 is 2.71 bits per heavy atom. The van der Waals surface area contributed by atoms with Crippen LogP contribution in [0, 0.1) is 0 Å². The fourth-order valence-electron chi connectivity index (χ4n) is 1.72. The first-order valence-electron chi connectivity index (χ1n) is 5.11. The van der Waals surface area contributed by atoms with Gasteiger partial charge >= 0.3 is 5.97 Å². The average Bonchev–Trinajstić information content (AvgIpc) is 2.27. The van der Waals surface area contributed by atoms with Crippen molar-refractivity contribution in [2.45, 2.75) is 13.3 Å². The molecule has 0 fully saturated rings. The summed E-state index contributed by atoms with van der Waals surface area (Å²) in [6, 6.07) is 4.77. The summed E-state index contributed by atoms with van der Waals surface area (Å²) in [6.45, 7) is 1.99. The number of nitrogens with one attached hydrogen (secondary N) is 1. The number of hydrogen-bond acceptors (Lipinski definition) is 2. The molecular weight excluding hydrogens is 286 g/mol. The Kier molecular flexibility index (Phi) is 3.02. The minimum Gasteiger partial charge on any atom is -0.477 e. The van der Waals surface area contributed by atoms with E-state index in [2.05, 4.69) is 20.9 Å². The maximum Gasteiger partial charge on any atom is 0.352 e. The van der Waals surface area contributed by atoms with E-state index in [1.165, 1.54) is 0 Å². The summed E-state index contributed by atoms with van der Waals surface area (Å²) in [6.07, 6.45) is 0.813. The number of aromatic nitrogens is 1. The van der Waals surface area contributed by atoms with Crippen molar-refractivity contribution in [1.82, 2.24) is 4.98 Å². The molecule has 0 aliphatic heterocycles. The van der Waals surface area contributed by atoms with Crippen LogP contribution in [-0.2, 0) is 6.42 Å². The molecule has 0 aliphatic rings. The third kappa shape index (κ3) is 2.10. The smallest absolute Gasteiger partial charge is 0.352 e. The zero-order chi connectivity index (χ0) is 12.6. The number of fused-ring (bicyclic) bond motifs is 1. The largest absolute Gasteiger partial charge is 0.477 e. The number of aromatic carboxylic acids is 1. The van der Waals surface area contributed by atoms with Crippen molar-refractivity contribution in [3.63, 3.8) is 0 Å². The lowest BCUT2D eigenvalue weighted by molar-refractivity contribution is 0.0691. The van der Waals surface area contributed by atoms with Crippen molar-refractivity contribution < 1.29 is 9.90 Å². The molecule has 5 heteroatoms. The zero-order valence-electron chi connectivity index (χ0n) is 9.08. The molecule has 0 spiro atoms. The van der Waals surface area contributed by atoms with Gasteiger partial charge in [-0.25, -0.2) is 4.79 Å². The Labute approximate surface area is 105 Å². The van der Waals surface area contributed by atoms with Crippen LogP contribution < -0.4 is 5.43 Å².